The van der Waals surface area contributed by atoms with Crippen LogP contribution in [0.1, 0.15) is 32.6 Å². The number of likely N-dealkylation sites (tertiary alicyclic amines) is 2. The largest absolute Gasteiger partial charge is 0.450 e. The second kappa shape index (κ2) is 6.18. The first-order valence-electron chi connectivity index (χ1n) is 6.88. The normalized spacial score (nSPS) is 23.2. The minimum atomic E-state index is -0.203. The van der Waals surface area contributed by atoms with Crippen LogP contribution in [0.5, 0.6) is 0 Å². The first kappa shape index (κ1) is 13.3. The Balaban J connectivity index is 1.79. The molecule has 0 N–H and O–H groups in total. The zero-order chi connectivity index (χ0) is 13.0. The monoisotopic (exact) mass is 254 g/mol. The van der Waals surface area contributed by atoms with Gasteiger partial charge in [0.15, 0.2) is 0 Å². The lowest BCUT2D eigenvalue weighted by Crippen LogP contribution is -2.49. The SMILES string of the molecule is CCOC(=O)N1CCC(N2CCCC(=O)C2)CC1. The number of amides is 1. The zero-order valence-corrected chi connectivity index (χ0v) is 11.1. The van der Waals surface area contributed by atoms with Gasteiger partial charge in [-0.1, -0.05) is 0 Å². The number of hydrogen-bond acceptors (Lipinski definition) is 4. The maximum absolute atomic E-state index is 11.6. The number of nitrogens with zero attached hydrogens (tertiary/aromatic N) is 2. The third-order valence-electron chi connectivity index (χ3n) is 3.79. The number of carbonyl (C=O) groups excluding carboxylic acids is 2. The van der Waals surface area contributed by atoms with E-state index >= 15 is 0 Å². The van der Waals surface area contributed by atoms with Crippen molar-refractivity contribution in [1.29, 1.82) is 0 Å². The van der Waals surface area contributed by atoms with E-state index in [4.69, 9.17) is 4.74 Å². The molecule has 18 heavy (non-hydrogen) atoms. The van der Waals surface area contributed by atoms with E-state index in [0.29, 0.717) is 25.0 Å². The van der Waals surface area contributed by atoms with Crippen LogP contribution in [0, 0.1) is 0 Å². The third kappa shape index (κ3) is 3.22. The van der Waals surface area contributed by atoms with Crippen molar-refractivity contribution in [2.75, 3.05) is 32.8 Å². The quantitative estimate of drug-likeness (QED) is 0.744. The summed E-state index contributed by atoms with van der Waals surface area (Å²) < 4.78 is 5.00. The molecule has 2 heterocycles. The van der Waals surface area contributed by atoms with Crippen LogP contribution < -0.4 is 0 Å². The van der Waals surface area contributed by atoms with Gasteiger partial charge < -0.3 is 9.64 Å². The molecule has 0 saturated carbocycles. The molecule has 0 aromatic carbocycles. The fraction of sp³-hybridized carbons (Fsp3) is 0.846. The summed E-state index contributed by atoms with van der Waals surface area (Å²) in [5.74, 6) is 0.356. The second-order valence-electron chi connectivity index (χ2n) is 5.03. The number of Topliss-reactive ketones (excluding diaryl/α,β-unsaturated/α-hetero) is 1. The summed E-state index contributed by atoms with van der Waals surface area (Å²) >= 11 is 0. The lowest BCUT2D eigenvalue weighted by molar-refractivity contribution is -0.123. The zero-order valence-electron chi connectivity index (χ0n) is 11.1. The van der Waals surface area contributed by atoms with Crippen LogP contribution in [0.25, 0.3) is 0 Å². The van der Waals surface area contributed by atoms with E-state index in [9.17, 15) is 9.59 Å². The molecule has 0 aliphatic carbocycles. The molecule has 0 unspecified atom stereocenters. The van der Waals surface area contributed by atoms with Gasteiger partial charge in [0, 0.05) is 25.6 Å². The van der Waals surface area contributed by atoms with Gasteiger partial charge in [0.1, 0.15) is 5.78 Å². The van der Waals surface area contributed by atoms with Crippen LogP contribution in [-0.4, -0.2) is 60.5 Å². The molecule has 0 atom stereocenters. The highest BCUT2D eigenvalue weighted by Crippen LogP contribution is 2.20. The Morgan fingerprint density at radius 2 is 2.06 bits per heavy atom. The predicted octanol–water partition coefficient (Wildman–Crippen LogP) is 1.27. The van der Waals surface area contributed by atoms with E-state index < -0.39 is 0 Å². The minimum absolute atomic E-state index is 0.203. The Bertz CT molecular complexity index is 311. The molecule has 0 radical (unpaired) electrons. The van der Waals surface area contributed by atoms with Crippen molar-refractivity contribution >= 4 is 11.9 Å². The van der Waals surface area contributed by atoms with Crippen molar-refractivity contribution in [2.45, 2.75) is 38.6 Å². The van der Waals surface area contributed by atoms with E-state index in [-0.39, 0.29) is 6.09 Å². The van der Waals surface area contributed by atoms with E-state index in [1.54, 1.807) is 4.90 Å². The Kier molecular flexibility index (Phi) is 4.58. The van der Waals surface area contributed by atoms with Gasteiger partial charge in [0.25, 0.3) is 0 Å². The highest BCUT2D eigenvalue weighted by atomic mass is 16.6. The lowest BCUT2D eigenvalue weighted by atomic mass is 10.00. The number of piperidine rings is 2. The molecule has 5 nitrogen and oxygen atoms in total. The van der Waals surface area contributed by atoms with Crippen molar-refractivity contribution in [3.63, 3.8) is 0 Å². The van der Waals surface area contributed by atoms with E-state index in [0.717, 1.165) is 45.3 Å². The van der Waals surface area contributed by atoms with E-state index in [1.807, 2.05) is 6.92 Å². The molecule has 2 aliphatic heterocycles. The van der Waals surface area contributed by atoms with E-state index in [1.165, 1.54) is 0 Å². The average molecular weight is 254 g/mol. The number of ketones is 1. The molecule has 0 spiro atoms. The molecule has 0 bridgehead atoms. The van der Waals surface area contributed by atoms with Crippen molar-refractivity contribution < 1.29 is 14.3 Å². The number of ether oxygens (including phenoxy) is 1. The second-order valence-corrected chi connectivity index (χ2v) is 5.03. The summed E-state index contributed by atoms with van der Waals surface area (Å²) in [6, 6.07) is 0.458. The Hall–Kier alpha value is -1.10. The van der Waals surface area contributed by atoms with Crippen LogP contribution >= 0.6 is 0 Å². The Labute approximate surface area is 108 Å². The summed E-state index contributed by atoms with van der Waals surface area (Å²) in [5, 5.41) is 0. The molecule has 1 amide bonds. The van der Waals surface area contributed by atoms with Crippen LogP contribution in [-0.2, 0) is 9.53 Å². The maximum atomic E-state index is 11.6. The topological polar surface area (TPSA) is 49.9 Å². The van der Waals surface area contributed by atoms with Crippen molar-refractivity contribution in [3.8, 4) is 0 Å². The van der Waals surface area contributed by atoms with Gasteiger partial charge in [-0.05, 0) is 32.7 Å². The average Bonchev–Trinajstić information content (AvgIpc) is 2.39. The first-order valence-corrected chi connectivity index (χ1v) is 6.88. The van der Waals surface area contributed by atoms with Gasteiger partial charge >= 0.3 is 6.09 Å². The van der Waals surface area contributed by atoms with Gasteiger partial charge in [-0.2, -0.15) is 0 Å². The van der Waals surface area contributed by atoms with Crippen LogP contribution in [0.15, 0.2) is 0 Å². The molecule has 0 aromatic rings. The molecule has 2 saturated heterocycles. The number of carbonyl (C=O) groups is 2. The third-order valence-corrected chi connectivity index (χ3v) is 3.79. The molecular formula is C13H22N2O3. The van der Waals surface area contributed by atoms with Crippen LogP contribution in [0.4, 0.5) is 4.79 Å². The Morgan fingerprint density at radius 1 is 1.33 bits per heavy atom. The van der Waals surface area contributed by atoms with Gasteiger partial charge in [-0.3, -0.25) is 9.69 Å². The predicted molar refractivity (Wildman–Crippen MR) is 67.4 cm³/mol. The van der Waals surface area contributed by atoms with Crippen LogP contribution in [0.2, 0.25) is 0 Å². The number of hydrogen-bond donors (Lipinski definition) is 0. The summed E-state index contributed by atoms with van der Waals surface area (Å²) in [6.45, 7) is 5.37. The fourth-order valence-electron chi connectivity index (χ4n) is 2.80. The van der Waals surface area contributed by atoms with Gasteiger partial charge in [0.2, 0.25) is 0 Å². The summed E-state index contributed by atoms with van der Waals surface area (Å²) in [6.07, 6.45) is 3.42. The Morgan fingerprint density at radius 3 is 2.67 bits per heavy atom. The lowest BCUT2D eigenvalue weighted by Gasteiger charge is -2.39. The van der Waals surface area contributed by atoms with Crippen molar-refractivity contribution in [1.82, 2.24) is 9.80 Å². The number of rotatable bonds is 2. The molecule has 5 heteroatoms. The van der Waals surface area contributed by atoms with Crippen molar-refractivity contribution in [3.05, 3.63) is 0 Å². The van der Waals surface area contributed by atoms with Gasteiger partial charge in [-0.25, -0.2) is 4.79 Å². The molecule has 102 valence electrons. The summed E-state index contributed by atoms with van der Waals surface area (Å²) in [4.78, 5) is 27.1. The molecule has 0 aromatic heterocycles. The molecular weight excluding hydrogens is 232 g/mol. The van der Waals surface area contributed by atoms with E-state index in [2.05, 4.69) is 4.90 Å². The first-order chi connectivity index (χ1) is 8.70. The van der Waals surface area contributed by atoms with Gasteiger partial charge in [-0.15, -0.1) is 0 Å². The maximum Gasteiger partial charge on any atom is 0.409 e. The van der Waals surface area contributed by atoms with Crippen LogP contribution in [0.3, 0.4) is 0 Å². The molecule has 2 fully saturated rings. The standard InChI is InChI=1S/C13H22N2O3/c1-2-18-13(17)14-8-5-11(6-9-14)15-7-3-4-12(16)10-15/h11H,2-10H2,1H3. The summed E-state index contributed by atoms with van der Waals surface area (Å²) in [5.41, 5.74) is 0. The molecule has 2 aliphatic rings. The highest BCUT2D eigenvalue weighted by Gasteiger charge is 2.29. The van der Waals surface area contributed by atoms with Crippen molar-refractivity contribution in [2.24, 2.45) is 0 Å². The fourth-order valence-corrected chi connectivity index (χ4v) is 2.80. The minimum Gasteiger partial charge on any atom is -0.450 e. The van der Waals surface area contributed by atoms with Gasteiger partial charge in [0.05, 0.1) is 13.2 Å². The highest BCUT2D eigenvalue weighted by molar-refractivity contribution is 5.81. The molecule has 2 rings (SSSR count). The summed E-state index contributed by atoms with van der Waals surface area (Å²) in [7, 11) is 0. The smallest absolute Gasteiger partial charge is 0.409 e.